The first-order chi connectivity index (χ1) is 7.49. The van der Waals surface area contributed by atoms with Gasteiger partial charge in [0.2, 0.25) is 5.91 Å². The summed E-state index contributed by atoms with van der Waals surface area (Å²) in [6, 6.07) is -0.0523. The summed E-state index contributed by atoms with van der Waals surface area (Å²) in [5, 5.41) is 0. The first-order valence-corrected chi connectivity index (χ1v) is 7.40. The van der Waals surface area contributed by atoms with E-state index in [0.29, 0.717) is 6.04 Å². The van der Waals surface area contributed by atoms with Gasteiger partial charge in [0.15, 0.2) is 0 Å². The van der Waals surface area contributed by atoms with Gasteiger partial charge >= 0.3 is 0 Å². The number of likely N-dealkylation sites (N-methyl/N-ethyl adjacent to an activating group) is 1. The zero-order chi connectivity index (χ0) is 12.7. The van der Waals surface area contributed by atoms with Gasteiger partial charge in [-0.05, 0) is 18.6 Å². The fourth-order valence-electron chi connectivity index (χ4n) is 1.61. The average Bonchev–Trinajstić information content (AvgIpc) is 2.32. The van der Waals surface area contributed by atoms with Crippen LogP contribution in [0.25, 0.3) is 0 Å². The van der Waals surface area contributed by atoms with Crippen LogP contribution < -0.4 is 5.73 Å². The minimum Gasteiger partial charge on any atom is -0.341 e. The maximum absolute atomic E-state index is 12.1. The topological polar surface area (TPSA) is 46.3 Å². The SMILES string of the molecule is CCC(C)C(N)C(=O)N(C)C(CC)CSC. The van der Waals surface area contributed by atoms with E-state index < -0.39 is 0 Å². The molecule has 3 nitrogen and oxygen atoms in total. The number of carbonyl (C=O) groups excluding carboxylic acids is 1. The molecule has 4 heteroatoms. The van der Waals surface area contributed by atoms with Gasteiger partial charge in [-0.15, -0.1) is 0 Å². The second-order valence-corrected chi connectivity index (χ2v) is 5.29. The van der Waals surface area contributed by atoms with Crippen molar-refractivity contribution in [2.24, 2.45) is 11.7 Å². The van der Waals surface area contributed by atoms with Crippen LogP contribution in [0.1, 0.15) is 33.6 Å². The summed E-state index contributed by atoms with van der Waals surface area (Å²) in [5.41, 5.74) is 5.96. The molecule has 16 heavy (non-hydrogen) atoms. The Morgan fingerprint density at radius 1 is 1.38 bits per heavy atom. The number of nitrogens with two attached hydrogens (primary N) is 1. The molecule has 0 saturated heterocycles. The molecule has 2 N–H and O–H groups in total. The maximum Gasteiger partial charge on any atom is 0.239 e. The Morgan fingerprint density at radius 2 is 1.94 bits per heavy atom. The van der Waals surface area contributed by atoms with E-state index in [4.69, 9.17) is 5.73 Å². The molecule has 0 heterocycles. The van der Waals surface area contributed by atoms with E-state index in [1.807, 2.05) is 18.9 Å². The van der Waals surface area contributed by atoms with Crippen LogP contribution in [0.3, 0.4) is 0 Å². The van der Waals surface area contributed by atoms with Crippen molar-refractivity contribution < 1.29 is 4.79 Å². The number of carbonyl (C=O) groups is 1. The molecular formula is C12H26N2OS. The highest BCUT2D eigenvalue weighted by Crippen LogP contribution is 2.13. The van der Waals surface area contributed by atoms with Gasteiger partial charge in [-0.2, -0.15) is 11.8 Å². The predicted octanol–water partition coefficient (Wildman–Crippen LogP) is 1.96. The molecule has 0 aromatic heterocycles. The van der Waals surface area contributed by atoms with Crippen LogP contribution in [0.4, 0.5) is 0 Å². The lowest BCUT2D eigenvalue weighted by atomic mass is 9.98. The molecule has 3 unspecified atom stereocenters. The monoisotopic (exact) mass is 246 g/mol. The molecule has 3 atom stereocenters. The van der Waals surface area contributed by atoms with Gasteiger partial charge in [0.05, 0.1) is 6.04 Å². The number of hydrogen-bond acceptors (Lipinski definition) is 3. The van der Waals surface area contributed by atoms with Gasteiger partial charge in [-0.1, -0.05) is 27.2 Å². The Morgan fingerprint density at radius 3 is 2.31 bits per heavy atom. The lowest BCUT2D eigenvalue weighted by molar-refractivity contribution is -0.134. The Bertz CT molecular complexity index is 211. The molecule has 0 aliphatic heterocycles. The number of hydrogen-bond donors (Lipinski definition) is 1. The fourth-order valence-corrected chi connectivity index (χ4v) is 2.45. The first kappa shape index (κ1) is 15.8. The Balaban J connectivity index is 4.45. The molecule has 0 aliphatic carbocycles. The van der Waals surface area contributed by atoms with Gasteiger partial charge in [-0.25, -0.2) is 0 Å². The molecular weight excluding hydrogens is 220 g/mol. The average molecular weight is 246 g/mol. The third-order valence-corrected chi connectivity index (χ3v) is 3.99. The number of nitrogens with zero attached hydrogens (tertiary/aromatic N) is 1. The van der Waals surface area contributed by atoms with Crippen molar-refractivity contribution in [2.75, 3.05) is 19.1 Å². The largest absolute Gasteiger partial charge is 0.341 e. The summed E-state index contributed by atoms with van der Waals surface area (Å²) in [4.78, 5) is 13.9. The van der Waals surface area contributed by atoms with E-state index in [9.17, 15) is 4.79 Å². The summed E-state index contributed by atoms with van der Waals surface area (Å²) < 4.78 is 0. The zero-order valence-electron chi connectivity index (χ0n) is 11.2. The van der Waals surface area contributed by atoms with Gasteiger partial charge in [-0.3, -0.25) is 4.79 Å². The molecule has 0 aromatic carbocycles. The molecule has 0 aliphatic rings. The van der Waals surface area contributed by atoms with E-state index in [0.717, 1.165) is 18.6 Å². The van der Waals surface area contributed by atoms with Crippen molar-refractivity contribution >= 4 is 17.7 Å². The summed E-state index contributed by atoms with van der Waals surface area (Å²) in [6.07, 6.45) is 3.99. The zero-order valence-corrected chi connectivity index (χ0v) is 12.0. The normalized spacial score (nSPS) is 16.6. The van der Waals surface area contributed by atoms with Crippen LogP contribution in [0.2, 0.25) is 0 Å². The highest BCUT2D eigenvalue weighted by atomic mass is 32.2. The van der Waals surface area contributed by atoms with Crippen LogP contribution in [-0.2, 0) is 4.79 Å². The van der Waals surface area contributed by atoms with E-state index in [2.05, 4.69) is 20.1 Å². The van der Waals surface area contributed by atoms with Crippen molar-refractivity contribution in [3.05, 3.63) is 0 Å². The Hall–Kier alpha value is -0.220. The molecule has 0 fully saturated rings. The summed E-state index contributed by atoms with van der Waals surface area (Å²) in [6.45, 7) is 6.21. The van der Waals surface area contributed by atoms with Crippen molar-refractivity contribution in [1.29, 1.82) is 0 Å². The molecule has 0 radical (unpaired) electrons. The number of thioether (sulfide) groups is 1. The highest BCUT2D eigenvalue weighted by Gasteiger charge is 2.26. The van der Waals surface area contributed by atoms with Crippen LogP contribution in [0.15, 0.2) is 0 Å². The molecule has 0 rings (SSSR count). The molecule has 0 bridgehead atoms. The second kappa shape index (κ2) is 7.96. The van der Waals surface area contributed by atoms with Gasteiger partial charge < -0.3 is 10.6 Å². The molecule has 96 valence electrons. The lowest BCUT2D eigenvalue weighted by Gasteiger charge is -2.30. The Labute approximate surface area is 104 Å². The smallest absolute Gasteiger partial charge is 0.239 e. The third-order valence-electron chi connectivity index (χ3n) is 3.27. The van der Waals surface area contributed by atoms with Crippen molar-refractivity contribution in [3.8, 4) is 0 Å². The first-order valence-electron chi connectivity index (χ1n) is 6.00. The summed E-state index contributed by atoms with van der Waals surface area (Å²) in [5.74, 6) is 1.31. The number of amides is 1. The van der Waals surface area contributed by atoms with Gasteiger partial charge in [0, 0.05) is 18.8 Å². The molecule has 1 amide bonds. The molecule has 0 saturated carbocycles. The van der Waals surface area contributed by atoms with Crippen LogP contribution in [0, 0.1) is 5.92 Å². The maximum atomic E-state index is 12.1. The Kier molecular flexibility index (Phi) is 7.85. The van der Waals surface area contributed by atoms with Crippen LogP contribution in [0.5, 0.6) is 0 Å². The van der Waals surface area contributed by atoms with Crippen LogP contribution >= 0.6 is 11.8 Å². The minimum atomic E-state index is -0.356. The highest BCUT2D eigenvalue weighted by molar-refractivity contribution is 7.98. The van der Waals surface area contributed by atoms with E-state index >= 15 is 0 Å². The van der Waals surface area contributed by atoms with E-state index in [1.165, 1.54) is 0 Å². The minimum absolute atomic E-state index is 0.0789. The molecule has 0 spiro atoms. The standard InChI is InChI=1S/C12H26N2OS/c1-6-9(3)11(13)12(15)14(4)10(7-2)8-16-5/h9-11H,6-8,13H2,1-5H3. The van der Waals surface area contributed by atoms with Crippen molar-refractivity contribution in [3.63, 3.8) is 0 Å². The van der Waals surface area contributed by atoms with E-state index in [1.54, 1.807) is 11.8 Å². The second-order valence-electron chi connectivity index (χ2n) is 4.38. The van der Waals surface area contributed by atoms with Crippen molar-refractivity contribution in [2.45, 2.75) is 45.7 Å². The third kappa shape index (κ3) is 4.34. The quantitative estimate of drug-likeness (QED) is 0.747. The lowest BCUT2D eigenvalue weighted by Crippen LogP contribution is -2.49. The predicted molar refractivity (Wildman–Crippen MR) is 72.7 cm³/mol. The van der Waals surface area contributed by atoms with Crippen molar-refractivity contribution in [1.82, 2.24) is 4.90 Å². The van der Waals surface area contributed by atoms with Crippen LogP contribution in [-0.4, -0.2) is 41.9 Å². The number of rotatable bonds is 7. The van der Waals surface area contributed by atoms with Gasteiger partial charge in [0.1, 0.15) is 0 Å². The summed E-state index contributed by atoms with van der Waals surface area (Å²) in [7, 11) is 1.87. The van der Waals surface area contributed by atoms with E-state index in [-0.39, 0.29) is 17.9 Å². The van der Waals surface area contributed by atoms with Gasteiger partial charge in [0.25, 0.3) is 0 Å². The summed E-state index contributed by atoms with van der Waals surface area (Å²) >= 11 is 1.77. The fraction of sp³-hybridized carbons (Fsp3) is 0.917. The molecule has 0 aromatic rings.